The highest BCUT2D eigenvalue weighted by Crippen LogP contribution is 2.60. The smallest absolute Gasteiger partial charge is 0.345 e. The molecule has 23 heavy (non-hydrogen) atoms. The fraction of sp³-hybridized carbons (Fsp3) is 0.500. The Morgan fingerprint density at radius 2 is 1.87 bits per heavy atom. The lowest BCUT2D eigenvalue weighted by Gasteiger charge is -2.35. The Morgan fingerprint density at radius 1 is 1.22 bits per heavy atom. The Labute approximate surface area is 135 Å². The Kier molecular flexibility index (Phi) is 6.10. The van der Waals surface area contributed by atoms with Crippen LogP contribution in [0.25, 0.3) is 0 Å². The molecule has 0 radical (unpaired) electrons. The van der Waals surface area contributed by atoms with E-state index in [1.165, 1.54) is 0 Å². The van der Waals surface area contributed by atoms with Crippen molar-refractivity contribution >= 4 is 19.9 Å². The Balaban J connectivity index is 2.48. The van der Waals surface area contributed by atoms with Crippen molar-refractivity contribution in [1.82, 2.24) is 0 Å². The molecule has 1 aromatic rings. The van der Waals surface area contributed by atoms with Gasteiger partial charge in [-0.1, -0.05) is 18.2 Å². The lowest BCUT2D eigenvalue weighted by molar-refractivity contribution is -0.136. The van der Waals surface area contributed by atoms with Crippen LogP contribution in [0.5, 0.6) is 5.75 Å². The van der Waals surface area contributed by atoms with Gasteiger partial charge in [0.15, 0.2) is 5.66 Å². The number of fused-ring (bicyclic) bond motifs is 1. The van der Waals surface area contributed by atoms with E-state index in [1.807, 2.05) is 12.1 Å². The van der Waals surface area contributed by atoms with Crippen LogP contribution in [0.1, 0.15) is 38.2 Å². The van der Waals surface area contributed by atoms with E-state index in [0.717, 1.165) is 11.8 Å². The van der Waals surface area contributed by atoms with Gasteiger partial charge in [0.25, 0.3) is 0 Å². The maximum atomic E-state index is 13.1. The van der Waals surface area contributed by atoms with Gasteiger partial charge in [-0.3, -0.25) is 9.36 Å². The molecule has 0 unspecified atom stereocenters. The monoisotopic (exact) mass is 340 g/mol. The van der Waals surface area contributed by atoms with Crippen molar-refractivity contribution in [1.29, 1.82) is 0 Å². The first-order valence-corrected chi connectivity index (χ1v) is 9.31. The van der Waals surface area contributed by atoms with Gasteiger partial charge in [-0.25, -0.2) is 0 Å². The average molecular weight is 340 g/mol. The number of aldehydes is 1. The maximum absolute atomic E-state index is 13.1. The topological polar surface area (TPSA) is 78.9 Å². The van der Waals surface area contributed by atoms with E-state index in [-0.39, 0.29) is 19.6 Å². The minimum Gasteiger partial charge on any atom is -0.426 e. The molecule has 1 aliphatic heterocycles. The number of carbonyl (C=O) groups excluding carboxylic acids is 2. The summed E-state index contributed by atoms with van der Waals surface area (Å²) in [6, 6.07) is 7.07. The van der Waals surface area contributed by atoms with Gasteiger partial charge in [-0.2, -0.15) is 0 Å². The Hall–Kier alpha value is -1.49. The first-order valence-electron chi connectivity index (χ1n) is 7.70. The summed E-state index contributed by atoms with van der Waals surface area (Å²) in [4.78, 5) is 23.3. The molecule has 0 spiro atoms. The molecule has 0 saturated carbocycles. The van der Waals surface area contributed by atoms with Gasteiger partial charge in [0.05, 0.1) is 13.2 Å². The quantitative estimate of drug-likeness (QED) is 0.313. The number of para-hydroxylation sites is 1. The summed E-state index contributed by atoms with van der Waals surface area (Å²) >= 11 is 0. The molecule has 0 aromatic heterocycles. The zero-order valence-corrected chi connectivity index (χ0v) is 14.2. The second-order valence-corrected chi connectivity index (χ2v) is 7.28. The Morgan fingerprint density at radius 3 is 2.48 bits per heavy atom. The summed E-state index contributed by atoms with van der Waals surface area (Å²) < 4.78 is 29.2. The van der Waals surface area contributed by atoms with Crippen molar-refractivity contribution in [3.63, 3.8) is 0 Å². The molecule has 0 N–H and O–H groups in total. The molecule has 0 amide bonds. The molecular weight excluding hydrogens is 319 g/mol. The van der Waals surface area contributed by atoms with Crippen LogP contribution in [-0.4, -0.2) is 31.1 Å². The molecule has 0 saturated heterocycles. The second kappa shape index (κ2) is 7.86. The maximum Gasteiger partial charge on any atom is 0.345 e. The summed E-state index contributed by atoms with van der Waals surface area (Å²) in [5.74, 6) is -0.643. The average Bonchev–Trinajstić information content (AvgIpc) is 2.52. The number of benzene rings is 1. The SMILES string of the molecule is CCOP(=O)(OCC)[C@H]1C(=O)Oc2ccccc2[C@@H]1CCC=O. The van der Waals surface area contributed by atoms with Crippen LogP contribution in [0.2, 0.25) is 0 Å². The standard InChI is InChI=1S/C16H21O6P/c1-3-20-23(19,21-4-2)15-13(9-7-11-17)12-8-5-6-10-14(12)22-16(15)18/h5-6,8,10-11,13,15H,3-4,7,9H2,1-2H3/t13-,15+/m0/s1. The van der Waals surface area contributed by atoms with Gasteiger partial charge in [-0.05, 0) is 31.9 Å². The molecular formula is C16H21O6P. The third-order valence-corrected chi connectivity index (χ3v) is 6.19. The normalized spacial score (nSPS) is 20.7. The summed E-state index contributed by atoms with van der Waals surface area (Å²) in [6.07, 6.45) is 1.41. The summed E-state index contributed by atoms with van der Waals surface area (Å²) in [5, 5.41) is 0. The zero-order chi connectivity index (χ0) is 16.9. The number of carbonyl (C=O) groups is 2. The largest absolute Gasteiger partial charge is 0.426 e. The third-order valence-electron chi connectivity index (χ3n) is 3.71. The van der Waals surface area contributed by atoms with E-state index in [4.69, 9.17) is 13.8 Å². The first-order chi connectivity index (χ1) is 11.1. The lowest BCUT2D eigenvalue weighted by atomic mass is 9.88. The fourth-order valence-corrected chi connectivity index (χ4v) is 5.03. The summed E-state index contributed by atoms with van der Waals surface area (Å²) in [6.45, 7) is 3.69. The summed E-state index contributed by atoms with van der Waals surface area (Å²) in [7, 11) is -3.69. The zero-order valence-electron chi connectivity index (χ0n) is 13.3. The van der Waals surface area contributed by atoms with Gasteiger partial charge in [0.2, 0.25) is 0 Å². The molecule has 7 heteroatoms. The molecule has 2 rings (SSSR count). The molecule has 6 nitrogen and oxygen atoms in total. The molecule has 0 fully saturated rings. The van der Waals surface area contributed by atoms with Gasteiger partial charge in [0, 0.05) is 12.3 Å². The van der Waals surface area contributed by atoms with Crippen molar-refractivity contribution in [3.8, 4) is 5.75 Å². The predicted octanol–water partition coefficient (Wildman–Crippen LogP) is 3.30. The molecule has 1 heterocycles. The van der Waals surface area contributed by atoms with Crippen LogP contribution in [0, 0.1) is 0 Å². The molecule has 1 aliphatic rings. The van der Waals surface area contributed by atoms with E-state index in [2.05, 4.69) is 0 Å². The van der Waals surface area contributed by atoms with Gasteiger partial charge < -0.3 is 18.6 Å². The van der Waals surface area contributed by atoms with Crippen LogP contribution in [0.15, 0.2) is 24.3 Å². The molecule has 1 aromatic carbocycles. The van der Waals surface area contributed by atoms with Gasteiger partial charge in [-0.15, -0.1) is 0 Å². The fourth-order valence-electron chi connectivity index (χ4n) is 2.85. The minimum atomic E-state index is -3.69. The molecule has 0 bridgehead atoms. The highest BCUT2D eigenvalue weighted by atomic mass is 31.2. The van der Waals surface area contributed by atoms with Gasteiger partial charge in [0.1, 0.15) is 12.0 Å². The molecule has 0 aliphatic carbocycles. The van der Waals surface area contributed by atoms with E-state index in [1.54, 1.807) is 26.0 Å². The lowest BCUT2D eigenvalue weighted by Crippen LogP contribution is -2.37. The van der Waals surface area contributed by atoms with E-state index >= 15 is 0 Å². The summed E-state index contributed by atoms with van der Waals surface area (Å²) in [5.41, 5.74) is -0.309. The van der Waals surface area contributed by atoms with Crippen molar-refractivity contribution in [3.05, 3.63) is 29.8 Å². The number of hydrogen-bond donors (Lipinski definition) is 0. The van der Waals surface area contributed by atoms with Crippen molar-refractivity contribution in [2.75, 3.05) is 13.2 Å². The van der Waals surface area contributed by atoms with Crippen LogP contribution in [0.4, 0.5) is 0 Å². The number of ether oxygens (including phenoxy) is 1. The number of rotatable bonds is 8. The van der Waals surface area contributed by atoms with Crippen molar-refractivity contribution in [2.24, 2.45) is 0 Å². The van der Waals surface area contributed by atoms with Crippen molar-refractivity contribution < 1.29 is 27.9 Å². The van der Waals surface area contributed by atoms with E-state index < -0.39 is 25.1 Å². The first kappa shape index (κ1) is 17.9. The van der Waals surface area contributed by atoms with E-state index in [0.29, 0.717) is 12.2 Å². The van der Waals surface area contributed by atoms with Crippen molar-refractivity contribution in [2.45, 2.75) is 38.3 Å². The molecule has 2 atom stereocenters. The van der Waals surface area contributed by atoms with Crippen LogP contribution in [-0.2, 0) is 23.2 Å². The highest BCUT2D eigenvalue weighted by molar-refractivity contribution is 7.55. The second-order valence-electron chi connectivity index (χ2n) is 5.13. The number of hydrogen-bond acceptors (Lipinski definition) is 6. The third kappa shape index (κ3) is 3.71. The number of esters is 1. The van der Waals surface area contributed by atoms with E-state index in [9.17, 15) is 14.2 Å². The van der Waals surface area contributed by atoms with Gasteiger partial charge >= 0.3 is 13.6 Å². The van der Waals surface area contributed by atoms with Crippen LogP contribution < -0.4 is 4.74 Å². The van der Waals surface area contributed by atoms with Crippen LogP contribution >= 0.6 is 7.60 Å². The Bertz CT molecular complexity index is 604. The highest BCUT2D eigenvalue weighted by Gasteiger charge is 2.51. The van der Waals surface area contributed by atoms with Crippen LogP contribution in [0.3, 0.4) is 0 Å². The predicted molar refractivity (Wildman–Crippen MR) is 84.8 cm³/mol. The minimum absolute atomic E-state index is 0.156. The molecule has 126 valence electrons.